The molecule has 6 aromatic carbocycles. The number of benzene rings is 6. The Kier molecular flexibility index (Phi) is 4.53. The third kappa shape index (κ3) is 3.17. The number of rotatable bonds is 2. The second-order valence-corrected chi connectivity index (χ2v) is 10.2. The number of hydrogen-bond donors (Lipinski definition) is 2. The molecule has 0 saturated heterocycles. The summed E-state index contributed by atoms with van der Waals surface area (Å²) in [6, 6.07) is 41.0. The number of hydrogen-bond acceptors (Lipinski definition) is 2. The van der Waals surface area contributed by atoms with Gasteiger partial charge >= 0.3 is 0 Å². The molecule has 0 fully saturated rings. The molecule has 0 unspecified atom stereocenters. The largest absolute Gasteiger partial charge is 0.309 e. The van der Waals surface area contributed by atoms with Crippen molar-refractivity contribution in [3.63, 3.8) is 0 Å². The topological polar surface area (TPSA) is 52.6 Å². The van der Waals surface area contributed by atoms with Crippen molar-refractivity contribution < 1.29 is 0 Å². The molecule has 3 heteroatoms. The summed E-state index contributed by atoms with van der Waals surface area (Å²) in [6.45, 7) is 0. The lowest BCUT2D eigenvalue weighted by molar-refractivity contribution is 1.18. The molecule has 1 heterocycles. The van der Waals surface area contributed by atoms with E-state index in [0.717, 1.165) is 38.7 Å². The zero-order valence-electron chi connectivity index (χ0n) is 21.1. The highest BCUT2D eigenvalue weighted by atomic mass is 15.0. The molecule has 7 aromatic rings. The summed E-state index contributed by atoms with van der Waals surface area (Å²) < 4.78 is 2.39. The first-order valence-corrected chi connectivity index (χ1v) is 13.1. The molecule has 1 aromatic heterocycles. The van der Waals surface area contributed by atoms with Crippen molar-refractivity contribution in [3.8, 4) is 16.8 Å². The van der Waals surface area contributed by atoms with Gasteiger partial charge in [-0.15, -0.1) is 0 Å². The van der Waals surface area contributed by atoms with Gasteiger partial charge < -0.3 is 4.57 Å². The maximum absolute atomic E-state index is 8.66. The van der Waals surface area contributed by atoms with E-state index >= 15 is 0 Å². The predicted octanol–water partition coefficient (Wildman–Crippen LogP) is 9.17. The Morgan fingerprint density at radius 1 is 0.513 bits per heavy atom. The molecule has 1 aliphatic carbocycles. The molecular formula is C36H23N3. The van der Waals surface area contributed by atoms with Gasteiger partial charge in [0.2, 0.25) is 0 Å². The third-order valence-corrected chi connectivity index (χ3v) is 8.00. The van der Waals surface area contributed by atoms with Crippen molar-refractivity contribution >= 4 is 60.9 Å². The van der Waals surface area contributed by atoms with Gasteiger partial charge in [0, 0.05) is 21.9 Å². The molecule has 0 atom stereocenters. The van der Waals surface area contributed by atoms with Gasteiger partial charge in [-0.2, -0.15) is 0 Å². The number of nitrogens with zero attached hydrogens (tertiary/aromatic N) is 1. The molecule has 3 nitrogen and oxygen atoms in total. The standard InChI is InChI=1S/C36H23N3/c37-31-18-17-23-15-13-22-14-16-26(20-29(22)35(23)36(31)38)27-9-3-5-11-32(27)39-33-12-6-4-10-28(33)30-19-24-7-1-2-8-25(24)21-34(30)39/h1-21,37-38H. The summed E-state index contributed by atoms with van der Waals surface area (Å²) in [5.41, 5.74) is 8.04. The smallest absolute Gasteiger partial charge is 0.0873 e. The maximum atomic E-state index is 8.66. The lowest BCUT2D eigenvalue weighted by atomic mass is 9.88. The zero-order chi connectivity index (χ0) is 26.1. The van der Waals surface area contributed by atoms with Crippen molar-refractivity contribution in [1.29, 1.82) is 10.8 Å². The second-order valence-electron chi connectivity index (χ2n) is 10.2. The van der Waals surface area contributed by atoms with Crippen LogP contribution in [0.4, 0.5) is 0 Å². The van der Waals surface area contributed by atoms with Crippen LogP contribution in [0.3, 0.4) is 0 Å². The molecular weight excluding hydrogens is 474 g/mol. The molecule has 182 valence electrons. The molecule has 0 radical (unpaired) electrons. The first-order chi connectivity index (χ1) is 19.2. The van der Waals surface area contributed by atoms with Crippen LogP contribution in [0, 0.1) is 10.8 Å². The van der Waals surface area contributed by atoms with E-state index in [9.17, 15) is 0 Å². The second kappa shape index (κ2) is 8.11. The van der Waals surface area contributed by atoms with Gasteiger partial charge in [-0.05, 0) is 69.1 Å². The fourth-order valence-electron chi connectivity index (χ4n) is 6.14. The average Bonchev–Trinajstić information content (AvgIpc) is 3.30. The average molecular weight is 498 g/mol. The van der Waals surface area contributed by atoms with E-state index < -0.39 is 0 Å². The van der Waals surface area contributed by atoms with Crippen LogP contribution in [0.1, 0.15) is 11.1 Å². The van der Waals surface area contributed by atoms with Gasteiger partial charge in [0.05, 0.1) is 28.1 Å². The van der Waals surface area contributed by atoms with E-state index in [2.05, 4.69) is 114 Å². The Morgan fingerprint density at radius 2 is 1.26 bits per heavy atom. The van der Waals surface area contributed by atoms with Crippen LogP contribution in [0.25, 0.3) is 66.2 Å². The van der Waals surface area contributed by atoms with E-state index in [1.165, 1.54) is 32.6 Å². The van der Waals surface area contributed by atoms with Crippen LogP contribution in [0.2, 0.25) is 0 Å². The minimum atomic E-state index is 0.248. The van der Waals surface area contributed by atoms with Crippen LogP contribution in [0.15, 0.2) is 121 Å². The summed E-state index contributed by atoms with van der Waals surface area (Å²) in [7, 11) is 0. The number of fused-ring (bicyclic) bond motifs is 7. The summed E-state index contributed by atoms with van der Waals surface area (Å²) in [5.74, 6) is 0. The predicted molar refractivity (Wildman–Crippen MR) is 165 cm³/mol. The number of nitrogens with one attached hydrogen (secondary N) is 2. The Hall–Kier alpha value is -5.28. The first kappa shape index (κ1) is 21.8. The molecule has 0 saturated carbocycles. The number of para-hydroxylation sites is 2. The van der Waals surface area contributed by atoms with Gasteiger partial charge in [0.15, 0.2) is 0 Å². The van der Waals surface area contributed by atoms with Gasteiger partial charge in [-0.1, -0.05) is 91.0 Å². The Balaban J connectivity index is 1.43. The number of allylic oxidation sites excluding steroid dienone is 1. The van der Waals surface area contributed by atoms with Crippen LogP contribution in [-0.4, -0.2) is 16.0 Å². The van der Waals surface area contributed by atoms with Gasteiger partial charge in [0.1, 0.15) is 0 Å². The summed E-state index contributed by atoms with van der Waals surface area (Å²) >= 11 is 0. The highest BCUT2D eigenvalue weighted by Crippen LogP contribution is 2.39. The highest BCUT2D eigenvalue weighted by Gasteiger charge is 2.20. The molecule has 8 rings (SSSR count). The minimum absolute atomic E-state index is 0.248. The normalized spacial score (nSPS) is 13.1. The Bertz CT molecular complexity index is 2210. The van der Waals surface area contributed by atoms with Crippen molar-refractivity contribution in [2.45, 2.75) is 0 Å². The summed E-state index contributed by atoms with van der Waals surface area (Å²) in [5, 5.41) is 23.9. The lowest BCUT2D eigenvalue weighted by Crippen LogP contribution is -2.16. The Labute approximate surface area is 225 Å². The lowest BCUT2D eigenvalue weighted by Gasteiger charge is -2.18. The van der Waals surface area contributed by atoms with Crippen LogP contribution >= 0.6 is 0 Å². The SMILES string of the molecule is N=C1C=Cc2ccc3ccc(-c4ccccc4-n4c5ccccc5c5cc6ccccc6cc54)cc3c2C1=N. The maximum Gasteiger partial charge on any atom is 0.0873 e. The zero-order valence-corrected chi connectivity index (χ0v) is 21.1. The molecule has 0 bridgehead atoms. The monoisotopic (exact) mass is 497 g/mol. The van der Waals surface area contributed by atoms with Crippen molar-refractivity contribution in [1.82, 2.24) is 4.57 Å². The highest BCUT2D eigenvalue weighted by molar-refractivity contribution is 6.53. The van der Waals surface area contributed by atoms with E-state index in [0.29, 0.717) is 0 Å². The number of aromatic nitrogens is 1. The van der Waals surface area contributed by atoms with Crippen molar-refractivity contribution in [3.05, 3.63) is 132 Å². The third-order valence-electron chi connectivity index (χ3n) is 8.00. The van der Waals surface area contributed by atoms with E-state index in [-0.39, 0.29) is 11.4 Å². The van der Waals surface area contributed by atoms with Crippen molar-refractivity contribution in [2.24, 2.45) is 0 Å². The van der Waals surface area contributed by atoms with Gasteiger partial charge in [-0.25, -0.2) is 0 Å². The van der Waals surface area contributed by atoms with E-state index in [1.54, 1.807) is 6.08 Å². The molecule has 2 N–H and O–H groups in total. The quantitative estimate of drug-likeness (QED) is 0.239. The van der Waals surface area contributed by atoms with E-state index in [4.69, 9.17) is 10.8 Å². The molecule has 0 spiro atoms. The van der Waals surface area contributed by atoms with Crippen LogP contribution < -0.4 is 0 Å². The molecule has 0 amide bonds. The van der Waals surface area contributed by atoms with Crippen molar-refractivity contribution in [2.75, 3.05) is 0 Å². The molecule has 0 aliphatic heterocycles. The van der Waals surface area contributed by atoms with Gasteiger partial charge in [-0.3, -0.25) is 10.8 Å². The fourth-order valence-corrected chi connectivity index (χ4v) is 6.14. The fraction of sp³-hybridized carbons (Fsp3) is 0. The van der Waals surface area contributed by atoms with Crippen LogP contribution in [0.5, 0.6) is 0 Å². The molecule has 39 heavy (non-hydrogen) atoms. The minimum Gasteiger partial charge on any atom is -0.309 e. The summed E-state index contributed by atoms with van der Waals surface area (Å²) in [4.78, 5) is 0. The molecule has 1 aliphatic rings. The van der Waals surface area contributed by atoms with E-state index in [1.807, 2.05) is 12.1 Å². The van der Waals surface area contributed by atoms with Crippen LogP contribution in [-0.2, 0) is 0 Å². The summed E-state index contributed by atoms with van der Waals surface area (Å²) in [6.07, 6.45) is 3.65. The first-order valence-electron chi connectivity index (χ1n) is 13.1. The Morgan fingerprint density at radius 3 is 2.15 bits per heavy atom. The van der Waals surface area contributed by atoms with Gasteiger partial charge in [0.25, 0.3) is 0 Å².